The van der Waals surface area contributed by atoms with Crippen LogP contribution in [0.4, 0.5) is 0 Å². The van der Waals surface area contributed by atoms with Gasteiger partial charge in [-0.3, -0.25) is 0 Å². The summed E-state index contributed by atoms with van der Waals surface area (Å²) in [6.45, 7) is 0. The van der Waals surface area contributed by atoms with Crippen molar-refractivity contribution in [3.63, 3.8) is 0 Å². The highest BCUT2D eigenvalue weighted by atomic mass is 35.5. The number of aliphatic hydroxyl groups is 1. The number of aromatic hydroxyl groups is 2. The van der Waals surface area contributed by atoms with Gasteiger partial charge in [0.05, 0.1) is 12.1 Å². The van der Waals surface area contributed by atoms with E-state index < -0.39 is 12.1 Å². The van der Waals surface area contributed by atoms with Crippen LogP contribution < -0.4 is 5.73 Å². The number of rotatable bonds is 3. The summed E-state index contributed by atoms with van der Waals surface area (Å²) in [5, 5.41) is 28.2. The first-order chi connectivity index (χ1) is 7.09. The minimum absolute atomic E-state index is 0. The van der Waals surface area contributed by atoms with Crippen molar-refractivity contribution in [2.45, 2.75) is 25.0 Å². The molecular formula is C11H16ClNO3. The predicted molar refractivity (Wildman–Crippen MR) is 62.7 cm³/mol. The molecule has 2 atom stereocenters. The molecule has 0 spiro atoms. The Morgan fingerprint density at radius 3 is 2.31 bits per heavy atom. The van der Waals surface area contributed by atoms with Crippen molar-refractivity contribution in [3.05, 3.63) is 23.8 Å². The van der Waals surface area contributed by atoms with Crippen LogP contribution in [-0.2, 0) is 0 Å². The highest BCUT2D eigenvalue weighted by Crippen LogP contribution is 2.38. The molecule has 0 bridgehead atoms. The van der Waals surface area contributed by atoms with Crippen LogP contribution in [0, 0.1) is 5.92 Å². The summed E-state index contributed by atoms with van der Waals surface area (Å²) in [6.07, 6.45) is 1.46. The third-order valence-corrected chi connectivity index (χ3v) is 2.86. The summed E-state index contributed by atoms with van der Waals surface area (Å²) in [5.74, 6) is -0.0891. The van der Waals surface area contributed by atoms with Gasteiger partial charge in [0.1, 0.15) is 0 Å². The molecule has 1 saturated carbocycles. The first-order valence-electron chi connectivity index (χ1n) is 5.05. The van der Waals surface area contributed by atoms with E-state index in [-0.39, 0.29) is 29.8 Å². The Morgan fingerprint density at radius 1 is 1.19 bits per heavy atom. The predicted octanol–water partition coefficient (Wildman–Crippen LogP) is 1.29. The van der Waals surface area contributed by atoms with Gasteiger partial charge in [-0.15, -0.1) is 12.4 Å². The fourth-order valence-electron chi connectivity index (χ4n) is 1.68. The monoisotopic (exact) mass is 245 g/mol. The van der Waals surface area contributed by atoms with Crippen LogP contribution in [0.2, 0.25) is 0 Å². The van der Waals surface area contributed by atoms with Crippen molar-refractivity contribution in [1.82, 2.24) is 0 Å². The normalized spacial score (nSPS) is 18.6. The second-order valence-corrected chi connectivity index (χ2v) is 4.10. The first kappa shape index (κ1) is 13.1. The van der Waals surface area contributed by atoms with E-state index in [1.165, 1.54) is 12.1 Å². The van der Waals surface area contributed by atoms with E-state index in [4.69, 9.17) is 10.8 Å². The molecule has 1 aliphatic carbocycles. The Hall–Kier alpha value is -0.970. The molecule has 0 saturated heterocycles. The summed E-state index contributed by atoms with van der Waals surface area (Å²) in [5.41, 5.74) is 6.50. The molecule has 0 aliphatic heterocycles. The van der Waals surface area contributed by atoms with E-state index in [2.05, 4.69) is 0 Å². The summed E-state index contributed by atoms with van der Waals surface area (Å²) >= 11 is 0. The number of benzene rings is 1. The Morgan fingerprint density at radius 2 is 1.81 bits per heavy atom. The molecule has 90 valence electrons. The number of halogens is 1. The van der Waals surface area contributed by atoms with Crippen LogP contribution in [0.1, 0.15) is 24.4 Å². The van der Waals surface area contributed by atoms with Crippen molar-refractivity contribution >= 4 is 12.4 Å². The molecule has 1 fully saturated rings. The van der Waals surface area contributed by atoms with Gasteiger partial charge in [-0.1, -0.05) is 6.07 Å². The Balaban J connectivity index is 0.00000128. The lowest BCUT2D eigenvalue weighted by molar-refractivity contribution is 0.122. The van der Waals surface area contributed by atoms with Gasteiger partial charge < -0.3 is 21.1 Å². The van der Waals surface area contributed by atoms with E-state index in [0.29, 0.717) is 5.56 Å². The third kappa shape index (κ3) is 2.58. The molecule has 0 aromatic heterocycles. The van der Waals surface area contributed by atoms with Gasteiger partial charge >= 0.3 is 0 Å². The molecule has 0 radical (unpaired) electrons. The van der Waals surface area contributed by atoms with Crippen LogP contribution in [0.5, 0.6) is 11.5 Å². The number of phenols is 2. The lowest BCUT2D eigenvalue weighted by Crippen LogP contribution is -2.27. The zero-order valence-electron chi connectivity index (χ0n) is 8.71. The molecule has 4 nitrogen and oxygen atoms in total. The summed E-state index contributed by atoms with van der Waals surface area (Å²) < 4.78 is 0. The van der Waals surface area contributed by atoms with Crippen molar-refractivity contribution in [3.8, 4) is 11.5 Å². The molecule has 1 aromatic rings. The van der Waals surface area contributed by atoms with Crippen LogP contribution in [-0.4, -0.2) is 21.4 Å². The zero-order valence-corrected chi connectivity index (χ0v) is 9.52. The third-order valence-electron chi connectivity index (χ3n) is 2.86. The van der Waals surface area contributed by atoms with E-state index in [1.807, 2.05) is 0 Å². The average Bonchev–Trinajstić information content (AvgIpc) is 3.03. The number of nitrogens with two attached hydrogens (primary N) is 1. The van der Waals surface area contributed by atoms with Crippen LogP contribution in [0.25, 0.3) is 0 Å². The molecule has 0 heterocycles. The van der Waals surface area contributed by atoms with Crippen molar-refractivity contribution < 1.29 is 15.3 Å². The zero-order chi connectivity index (χ0) is 11.0. The van der Waals surface area contributed by atoms with Crippen LogP contribution >= 0.6 is 12.4 Å². The second kappa shape index (κ2) is 4.91. The molecular weight excluding hydrogens is 230 g/mol. The molecule has 5 N–H and O–H groups in total. The summed E-state index contributed by atoms with van der Waals surface area (Å²) in [4.78, 5) is 0. The van der Waals surface area contributed by atoms with Gasteiger partial charge in [-0.25, -0.2) is 0 Å². The minimum atomic E-state index is -0.561. The topological polar surface area (TPSA) is 86.7 Å². The summed E-state index contributed by atoms with van der Waals surface area (Å²) in [6, 6.07) is 3.89. The molecule has 1 aliphatic rings. The molecule has 5 heteroatoms. The van der Waals surface area contributed by atoms with Crippen LogP contribution in [0.3, 0.4) is 0 Å². The van der Waals surface area contributed by atoms with E-state index >= 15 is 0 Å². The maximum Gasteiger partial charge on any atom is 0.157 e. The van der Waals surface area contributed by atoms with Crippen molar-refractivity contribution in [2.24, 2.45) is 11.7 Å². The van der Waals surface area contributed by atoms with Gasteiger partial charge in [-0.05, 0) is 36.5 Å². The van der Waals surface area contributed by atoms with Crippen LogP contribution in [0.15, 0.2) is 18.2 Å². The van der Waals surface area contributed by atoms with Gasteiger partial charge in [-0.2, -0.15) is 0 Å². The minimum Gasteiger partial charge on any atom is -0.504 e. The molecule has 0 amide bonds. The number of hydrogen-bond donors (Lipinski definition) is 4. The first-order valence-corrected chi connectivity index (χ1v) is 5.05. The highest BCUT2D eigenvalue weighted by Gasteiger charge is 2.34. The standard InChI is InChI=1S/C11H15NO3.ClH/c12-10(11(15)6-1-2-6)7-3-4-8(13)9(14)5-7;/h3-6,10-11,13-15H,1-2,12H2;1H/t10-,11+;/m0./s1. The van der Waals surface area contributed by atoms with Gasteiger partial charge in [0.25, 0.3) is 0 Å². The fraction of sp³-hybridized carbons (Fsp3) is 0.455. The Bertz CT molecular complexity index is 368. The smallest absolute Gasteiger partial charge is 0.157 e. The highest BCUT2D eigenvalue weighted by molar-refractivity contribution is 5.85. The SMILES string of the molecule is Cl.N[C@@H](c1ccc(O)c(O)c1)[C@H](O)C1CC1. The molecule has 1 aromatic carbocycles. The quantitative estimate of drug-likeness (QED) is 0.605. The number of aliphatic hydroxyl groups excluding tert-OH is 1. The Labute approximate surface area is 100 Å². The number of phenolic OH excluding ortho intramolecular Hbond substituents is 2. The maximum atomic E-state index is 9.80. The Kier molecular flexibility index (Phi) is 4.02. The lowest BCUT2D eigenvalue weighted by Gasteiger charge is -2.18. The second-order valence-electron chi connectivity index (χ2n) is 4.10. The molecule has 0 unspecified atom stereocenters. The number of hydrogen-bond acceptors (Lipinski definition) is 4. The van der Waals surface area contributed by atoms with Gasteiger partial charge in [0.15, 0.2) is 11.5 Å². The van der Waals surface area contributed by atoms with E-state index in [0.717, 1.165) is 12.8 Å². The largest absolute Gasteiger partial charge is 0.504 e. The van der Waals surface area contributed by atoms with E-state index in [1.54, 1.807) is 6.07 Å². The van der Waals surface area contributed by atoms with Gasteiger partial charge in [0, 0.05) is 0 Å². The van der Waals surface area contributed by atoms with Crippen molar-refractivity contribution in [1.29, 1.82) is 0 Å². The molecule has 2 rings (SSSR count). The summed E-state index contributed by atoms with van der Waals surface area (Å²) in [7, 11) is 0. The lowest BCUT2D eigenvalue weighted by atomic mass is 9.99. The van der Waals surface area contributed by atoms with E-state index in [9.17, 15) is 10.2 Å². The van der Waals surface area contributed by atoms with Gasteiger partial charge in [0.2, 0.25) is 0 Å². The maximum absolute atomic E-state index is 9.80. The van der Waals surface area contributed by atoms with Crippen molar-refractivity contribution in [2.75, 3.05) is 0 Å². The average molecular weight is 246 g/mol. The fourth-order valence-corrected chi connectivity index (χ4v) is 1.68. The molecule has 16 heavy (non-hydrogen) atoms.